The first-order chi connectivity index (χ1) is 13.6. The van der Waals surface area contributed by atoms with Gasteiger partial charge in [0.1, 0.15) is 0 Å². The summed E-state index contributed by atoms with van der Waals surface area (Å²) in [5.41, 5.74) is 3.31. The van der Waals surface area contributed by atoms with E-state index in [1.165, 1.54) is 4.90 Å². The van der Waals surface area contributed by atoms with Crippen molar-refractivity contribution in [2.24, 2.45) is 0 Å². The number of aromatic nitrogens is 1. The van der Waals surface area contributed by atoms with Gasteiger partial charge >= 0.3 is 0 Å². The molecule has 0 spiro atoms. The fourth-order valence-corrected chi connectivity index (χ4v) is 4.06. The summed E-state index contributed by atoms with van der Waals surface area (Å²) >= 11 is 7.56. The number of carbonyl (C=O) groups is 1. The number of carbonyl (C=O) groups excluding carboxylic acids is 1. The van der Waals surface area contributed by atoms with Gasteiger partial charge in [0, 0.05) is 37.1 Å². The van der Waals surface area contributed by atoms with Crippen LogP contribution in [0.25, 0.3) is 10.9 Å². The molecule has 0 saturated heterocycles. The molecule has 28 heavy (non-hydrogen) atoms. The van der Waals surface area contributed by atoms with Crippen molar-refractivity contribution in [2.45, 2.75) is 16.7 Å². The molecular formula is C23H17ClN2OS. The molecule has 0 aliphatic heterocycles. The second kappa shape index (κ2) is 8.05. The fourth-order valence-electron chi connectivity index (χ4n) is 2.89. The zero-order chi connectivity index (χ0) is 19.5. The van der Waals surface area contributed by atoms with Crippen molar-refractivity contribution >= 4 is 45.9 Å². The number of amides is 1. The molecule has 0 aliphatic rings. The number of benzene rings is 3. The molecule has 0 unspecified atom stereocenters. The maximum Gasteiger partial charge on any atom is 0.255 e. The van der Waals surface area contributed by atoms with Crippen molar-refractivity contribution in [3.63, 3.8) is 0 Å². The van der Waals surface area contributed by atoms with Gasteiger partial charge < -0.3 is 5.32 Å². The van der Waals surface area contributed by atoms with Crippen LogP contribution in [0.2, 0.25) is 5.02 Å². The molecule has 0 saturated carbocycles. The van der Waals surface area contributed by atoms with Crippen LogP contribution in [0, 0.1) is 6.92 Å². The Balaban J connectivity index is 1.51. The largest absolute Gasteiger partial charge is 0.322 e. The molecule has 0 radical (unpaired) electrons. The molecule has 1 amide bonds. The standard InChI is InChI=1S/C23H17ClN2OS/c1-15-14-22(20-4-2-3-5-21(20)25-15)28-19-12-10-18(11-13-19)26-23(27)16-6-8-17(24)9-7-16/h2-14H,1H3,(H,26,27). The Morgan fingerprint density at radius 2 is 1.68 bits per heavy atom. The van der Waals surface area contributed by atoms with E-state index in [0.29, 0.717) is 10.6 Å². The van der Waals surface area contributed by atoms with Crippen molar-refractivity contribution in [2.75, 3.05) is 5.32 Å². The van der Waals surface area contributed by atoms with Crippen molar-refractivity contribution in [3.8, 4) is 0 Å². The van der Waals surface area contributed by atoms with E-state index in [1.54, 1.807) is 36.0 Å². The van der Waals surface area contributed by atoms with Crippen molar-refractivity contribution in [1.29, 1.82) is 0 Å². The van der Waals surface area contributed by atoms with Crippen molar-refractivity contribution < 1.29 is 4.79 Å². The Kier molecular flexibility index (Phi) is 5.33. The van der Waals surface area contributed by atoms with Gasteiger partial charge in [-0.1, -0.05) is 41.6 Å². The number of fused-ring (bicyclic) bond motifs is 1. The summed E-state index contributed by atoms with van der Waals surface area (Å²) < 4.78 is 0. The van der Waals surface area contributed by atoms with Crippen LogP contribution in [0.1, 0.15) is 16.1 Å². The highest BCUT2D eigenvalue weighted by Crippen LogP contribution is 2.34. The third-order valence-corrected chi connectivity index (χ3v) is 5.57. The topological polar surface area (TPSA) is 42.0 Å². The number of halogens is 1. The molecule has 3 nitrogen and oxygen atoms in total. The smallest absolute Gasteiger partial charge is 0.255 e. The third kappa shape index (κ3) is 4.19. The lowest BCUT2D eigenvalue weighted by Crippen LogP contribution is -2.11. The van der Waals surface area contributed by atoms with Crippen LogP contribution in [-0.4, -0.2) is 10.9 Å². The molecule has 5 heteroatoms. The van der Waals surface area contributed by atoms with Gasteiger partial charge in [0.2, 0.25) is 0 Å². The predicted octanol–water partition coefficient (Wildman–Crippen LogP) is 6.60. The van der Waals surface area contributed by atoms with Gasteiger partial charge in [-0.25, -0.2) is 0 Å². The van der Waals surface area contributed by atoms with Crippen LogP contribution in [-0.2, 0) is 0 Å². The SMILES string of the molecule is Cc1cc(Sc2ccc(NC(=O)c3ccc(Cl)cc3)cc2)c2ccccc2n1. The summed E-state index contributed by atoms with van der Waals surface area (Å²) in [6.07, 6.45) is 0. The number of hydrogen-bond donors (Lipinski definition) is 1. The van der Waals surface area contributed by atoms with E-state index in [1.807, 2.05) is 49.4 Å². The lowest BCUT2D eigenvalue weighted by atomic mass is 10.2. The van der Waals surface area contributed by atoms with E-state index in [-0.39, 0.29) is 5.91 Å². The van der Waals surface area contributed by atoms with Gasteiger partial charge in [0.05, 0.1) is 5.52 Å². The first-order valence-corrected chi connectivity index (χ1v) is 9.99. The molecule has 138 valence electrons. The summed E-state index contributed by atoms with van der Waals surface area (Å²) in [6, 6.07) is 24.9. The van der Waals surface area contributed by atoms with Crippen LogP contribution < -0.4 is 5.32 Å². The van der Waals surface area contributed by atoms with E-state index in [2.05, 4.69) is 22.4 Å². The Labute approximate surface area is 172 Å². The monoisotopic (exact) mass is 404 g/mol. The van der Waals surface area contributed by atoms with E-state index in [0.717, 1.165) is 27.2 Å². The number of rotatable bonds is 4. The van der Waals surface area contributed by atoms with E-state index in [9.17, 15) is 4.79 Å². The Hall–Kier alpha value is -2.82. The molecule has 0 fully saturated rings. The molecule has 0 atom stereocenters. The Morgan fingerprint density at radius 3 is 2.43 bits per heavy atom. The van der Waals surface area contributed by atoms with Gasteiger partial charge in [-0.15, -0.1) is 0 Å². The van der Waals surface area contributed by atoms with Gasteiger partial charge in [0.15, 0.2) is 0 Å². The van der Waals surface area contributed by atoms with E-state index < -0.39 is 0 Å². The Bertz CT molecular complexity index is 1140. The molecule has 3 aromatic carbocycles. The molecule has 4 rings (SSSR count). The number of para-hydroxylation sites is 1. The minimum absolute atomic E-state index is 0.159. The zero-order valence-electron chi connectivity index (χ0n) is 15.1. The highest BCUT2D eigenvalue weighted by Gasteiger charge is 2.08. The van der Waals surface area contributed by atoms with Crippen LogP contribution in [0.4, 0.5) is 5.69 Å². The van der Waals surface area contributed by atoms with Crippen LogP contribution >= 0.6 is 23.4 Å². The van der Waals surface area contributed by atoms with Crippen LogP contribution in [0.5, 0.6) is 0 Å². The summed E-state index contributed by atoms with van der Waals surface area (Å²) in [7, 11) is 0. The second-order valence-corrected chi connectivity index (χ2v) is 7.92. The minimum Gasteiger partial charge on any atom is -0.322 e. The predicted molar refractivity (Wildman–Crippen MR) is 116 cm³/mol. The van der Waals surface area contributed by atoms with Crippen LogP contribution in [0.15, 0.2) is 88.7 Å². The second-order valence-electron chi connectivity index (χ2n) is 6.37. The molecule has 4 aromatic rings. The molecule has 0 bridgehead atoms. The minimum atomic E-state index is -0.159. The average molecular weight is 405 g/mol. The van der Waals surface area contributed by atoms with Crippen LogP contribution in [0.3, 0.4) is 0 Å². The van der Waals surface area contributed by atoms with E-state index >= 15 is 0 Å². The first-order valence-electron chi connectivity index (χ1n) is 8.80. The number of nitrogens with zero attached hydrogens (tertiary/aromatic N) is 1. The van der Waals surface area contributed by atoms with Gasteiger partial charge in [-0.05, 0) is 67.6 Å². The zero-order valence-corrected chi connectivity index (χ0v) is 16.7. The molecule has 1 N–H and O–H groups in total. The van der Waals surface area contributed by atoms with Crippen molar-refractivity contribution in [3.05, 3.63) is 95.1 Å². The molecular weight excluding hydrogens is 388 g/mol. The van der Waals surface area contributed by atoms with Gasteiger partial charge in [-0.3, -0.25) is 9.78 Å². The maximum atomic E-state index is 12.3. The summed E-state index contributed by atoms with van der Waals surface area (Å²) in [4.78, 5) is 19.2. The number of anilines is 1. The van der Waals surface area contributed by atoms with Gasteiger partial charge in [0.25, 0.3) is 5.91 Å². The van der Waals surface area contributed by atoms with Gasteiger partial charge in [-0.2, -0.15) is 0 Å². The fraction of sp³-hybridized carbons (Fsp3) is 0.0435. The molecule has 1 heterocycles. The lowest BCUT2D eigenvalue weighted by molar-refractivity contribution is 0.102. The van der Waals surface area contributed by atoms with Crippen molar-refractivity contribution in [1.82, 2.24) is 4.98 Å². The normalized spacial score (nSPS) is 10.8. The summed E-state index contributed by atoms with van der Waals surface area (Å²) in [5, 5.41) is 4.65. The summed E-state index contributed by atoms with van der Waals surface area (Å²) in [5.74, 6) is -0.159. The maximum absolute atomic E-state index is 12.3. The lowest BCUT2D eigenvalue weighted by Gasteiger charge is -2.09. The average Bonchev–Trinajstić information content (AvgIpc) is 2.70. The quantitative estimate of drug-likeness (QED) is 0.416. The number of aryl methyl sites for hydroxylation is 1. The number of nitrogens with one attached hydrogen (secondary N) is 1. The number of hydrogen-bond acceptors (Lipinski definition) is 3. The first kappa shape index (κ1) is 18.5. The third-order valence-electron chi connectivity index (χ3n) is 4.25. The number of pyridine rings is 1. The highest BCUT2D eigenvalue weighted by atomic mass is 35.5. The summed E-state index contributed by atoms with van der Waals surface area (Å²) in [6.45, 7) is 2.01. The Morgan fingerprint density at radius 1 is 0.964 bits per heavy atom. The van der Waals surface area contributed by atoms with E-state index in [4.69, 9.17) is 11.6 Å². The molecule has 1 aromatic heterocycles. The highest BCUT2D eigenvalue weighted by molar-refractivity contribution is 7.99. The molecule has 0 aliphatic carbocycles.